The third kappa shape index (κ3) is 2.86. The van der Waals surface area contributed by atoms with Gasteiger partial charge in [0.2, 0.25) is 0 Å². The first kappa shape index (κ1) is 16.6. The SMILES string of the molecule is CCOc1ccc2c(c1)C1C=CCC1C(c1cc(Cl)cc(Cl)c1O)N2. The Balaban J connectivity index is 1.78. The topological polar surface area (TPSA) is 41.5 Å². The van der Waals surface area contributed by atoms with Gasteiger partial charge in [-0.3, -0.25) is 0 Å². The molecular formula is C20H19Cl2NO2. The van der Waals surface area contributed by atoms with Crippen LogP contribution in [0.15, 0.2) is 42.5 Å². The highest BCUT2D eigenvalue weighted by molar-refractivity contribution is 6.35. The Hall–Kier alpha value is -1.84. The van der Waals surface area contributed by atoms with Crippen molar-refractivity contribution in [1.82, 2.24) is 0 Å². The molecule has 0 bridgehead atoms. The van der Waals surface area contributed by atoms with E-state index >= 15 is 0 Å². The van der Waals surface area contributed by atoms with E-state index in [0.717, 1.165) is 23.4 Å². The number of hydrogen-bond acceptors (Lipinski definition) is 3. The van der Waals surface area contributed by atoms with Crippen molar-refractivity contribution >= 4 is 28.9 Å². The van der Waals surface area contributed by atoms with Crippen LogP contribution >= 0.6 is 23.2 Å². The summed E-state index contributed by atoms with van der Waals surface area (Å²) in [5, 5.41) is 14.9. The molecule has 0 radical (unpaired) electrons. The Morgan fingerprint density at radius 1 is 1.20 bits per heavy atom. The van der Waals surface area contributed by atoms with Crippen LogP contribution in [0, 0.1) is 5.92 Å². The number of rotatable bonds is 3. The van der Waals surface area contributed by atoms with E-state index in [9.17, 15) is 5.11 Å². The fourth-order valence-electron chi connectivity index (χ4n) is 3.96. The van der Waals surface area contributed by atoms with Crippen molar-refractivity contribution in [2.75, 3.05) is 11.9 Å². The van der Waals surface area contributed by atoms with Gasteiger partial charge >= 0.3 is 0 Å². The molecule has 4 rings (SSSR count). The van der Waals surface area contributed by atoms with Crippen LogP contribution in [-0.2, 0) is 0 Å². The molecule has 2 aliphatic rings. The molecular weight excluding hydrogens is 357 g/mol. The molecule has 3 nitrogen and oxygen atoms in total. The maximum absolute atomic E-state index is 10.5. The van der Waals surface area contributed by atoms with Crippen LogP contribution in [-0.4, -0.2) is 11.7 Å². The number of ether oxygens (including phenoxy) is 1. The van der Waals surface area contributed by atoms with Gasteiger partial charge in [0.05, 0.1) is 17.7 Å². The molecule has 0 aromatic heterocycles. The number of phenolic OH excluding ortho intramolecular Hbond substituents is 1. The summed E-state index contributed by atoms with van der Waals surface area (Å²) in [6.07, 6.45) is 5.39. The van der Waals surface area contributed by atoms with Crippen molar-refractivity contribution in [3.63, 3.8) is 0 Å². The van der Waals surface area contributed by atoms with Gasteiger partial charge in [0.25, 0.3) is 0 Å². The molecule has 0 saturated heterocycles. The normalized spacial score (nSPS) is 23.7. The van der Waals surface area contributed by atoms with Crippen molar-refractivity contribution in [2.45, 2.75) is 25.3 Å². The Morgan fingerprint density at radius 2 is 2.04 bits per heavy atom. The van der Waals surface area contributed by atoms with Crippen LogP contribution in [0.4, 0.5) is 5.69 Å². The van der Waals surface area contributed by atoms with Gasteiger partial charge in [0.15, 0.2) is 0 Å². The first-order valence-corrected chi connectivity index (χ1v) is 9.22. The second-order valence-electron chi connectivity index (χ2n) is 6.48. The Morgan fingerprint density at radius 3 is 2.84 bits per heavy atom. The number of nitrogens with one attached hydrogen (secondary N) is 1. The molecule has 2 aromatic rings. The van der Waals surface area contributed by atoms with E-state index in [-0.39, 0.29) is 22.7 Å². The van der Waals surface area contributed by atoms with Gasteiger partial charge in [-0.1, -0.05) is 35.4 Å². The van der Waals surface area contributed by atoms with E-state index < -0.39 is 0 Å². The van der Waals surface area contributed by atoms with Gasteiger partial charge in [0.1, 0.15) is 11.5 Å². The van der Waals surface area contributed by atoms with E-state index in [4.69, 9.17) is 27.9 Å². The van der Waals surface area contributed by atoms with Crippen LogP contribution in [0.1, 0.15) is 36.4 Å². The minimum Gasteiger partial charge on any atom is -0.506 e. The third-order valence-corrected chi connectivity index (χ3v) is 5.54. The van der Waals surface area contributed by atoms with E-state index in [1.165, 1.54) is 5.56 Å². The monoisotopic (exact) mass is 375 g/mol. The van der Waals surface area contributed by atoms with Crippen LogP contribution in [0.2, 0.25) is 10.0 Å². The minimum atomic E-state index is -0.0540. The zero-order valence-corrected chi connectivity index (χ0v) is 15.3. The predicted octanol–water partition coefficient (Wildman–Crippen LogP) is 5.92. The summed E-state index contributed by atoms with van der Waals surface area (Å²) < 4.78 is 5.66. The molecule has 25 heavy (non-hydrogen) atoms. The number of allylic oxidation sites excluding steroid dienone is 2. The number of anilines is 1. The summed E-state index contributed by atoms with van der Waals surface area (Å²) in [4.78, 5) is 0. The largest absolute Gasteiger partial charge is 0.506 e. The zero-order chi connectivity index (χ0) is 17.6. The molecule has 1 heterocycles. The molecule has 130 valence electrons. The molecule has 3 unspecified atom stereocenters. The lowest BCUT2D eigenvalue weighted by molar-refractivity contribution is 0.338. The van der Waals surface area contributed by atoms with Crippen LogP contribution in [0.25, 0.3) is 0 Å². The van der Waals surface area contributed by atoms with Gasteiger partial charge in [-0.05, 0) is 55.2 Å². The average Bonchev–Trinajstić information content (AvgIpc) is 3.08. The first-order chi connectivity index (χ1) is 12.1. The summed E-state index contributed by atoms with van der Waals surface area (Å²) in [5.41, 5.74) is 3.03. The number of benzene rings is 2. The molecule has 2 aromatic carbocycles. The maximum Gasteiger partial charge on any atom is 0.139 e. The molecule has 1 aliphatic heterocycles. The molecule has 0 fully saturated rings. The second-order valence-corrected chi connectivity index (χ2v) is 7.33. The second kappa shape index (κ2) is 6.47. The molecule has 2 N–H and O–H groups in total. The summed E-state index contributed by atoms with van der Waals surface area (Å²) >= 11 is 12.3. The van der Waals surface area contributed by atoms with E-state index in [1.807, 2.05) is 19.1 Å². The summed E-state index contributed by atoms with van der Waals surface area (Å²) in [7, 11) is 0. The molecule has 3 atom stereocenters. The van der Waals surface area contributed by atoms with Crippen molar-refractivity contribution in [3.05, 3.63) is 63.7 Å². The molecule has 1 aliphatic carbocycles. The Bertz CT molecular complexity index is 850. The van der Waals surface area contributed by atoms with E-state index in [2.05, 4.69) is 23.5 Å². The third-order valence-electron chi connectivity index (χ3n) is 5.04. The number of hydrogen-bond donors (Lipinski definition) is 2. The van der Waals surface area contributed by atoms with Crippen LogP contribution < -0.4 is 10.1 Å². The number of fused-ring (bicyclic) bond motifs is 3. The van der Waals surface area contributed by atoms with E-state index in [0.29, 0.717) is 17.5 Å². The van der Waals surface area contributed by atoms with Crippen LogP contribution in [0.3, 0.4) is 0 Å². The molecule has 0 saturated carbocycles. The fourth-order valence-corrected chi connectivity index (χ4v) is 4.47. The quantitative estimate of drug-likeness (QED) is 0.653. The lowest BCUT2D eigenvalue weighted by Gasteiger charge is -2.38. The van der Waals surface area contributed by atoms with Crippen LogP contribution in [0.5, 0.6) is 11.5 Å². The van der Waals surface area contributed by atoms with Gasteiger partial charge in [-0.25, -0.2) is 0 Å². The average molecular weight is 376 g/mol. The van der Waals surface area contributed by atoms with E-state index in [1.54, 1.807) is 12.1 Å². The smallest absolute Gasteiger partial charge is 0.139 e. The fraction of sp³-hybridized carbons (Fsp3) is 0.300. The zero-order valence-electron chi connectivity index (χ0n) is 13.8. The maximum atomic E-state index is 10.5. The highest BCUT2D eigenvalue weighted by Gasteiger charge is 2.39. The number of phenols is 1. The minimum absolute atomic E-state index is 0.0540. The summed E-state index contributed by atoms with van der Waals surface area (Å²) in [6.45, 7) is 2.63. The van der Waals surface area contributed by atoms with Crippen molar-refractivity contribution in [1.29, 1.82) is 0 Å². The summed E-state index contributed by atoms with van der Waals surface area (Å²) in [5.74, 6) is 1.56. The standard InChI is InChI=1S/C20H19Cl2NO2/c1-2-25-12-6-7-18-15(10-12)13-4-3-5-14(13)19(23-18)16-8-11(21)9-17(22)20(16)24/h3-4,6-10,13-14,19,23-24H,2,5H2,1H3. The molecule has 0 spiro atoms. The van der Waals surface area contributed by atoms with Crippen molar-refractivity contribution < 1.29 is 9.84 Å². The predicted molar refractivity (Wildman–Crippen MR) is 102 cm³/mol. The Kier molecular flexibility index (Phi) is 4.30. The van der Waals surface area contributed by atoms with Gasteiger partial charge in [-0.15, -0.1) is 0 Å². The lowest BCUT2D eigenvalue weighted by Crippen LogP contribution is -2.29. The Labute approximate surface area is 157 Å². The lowest BCUT2D eigenvalue weighted by atomic mass is 9.77. The molecule has 0 amide bonds. The van der Waals surface area contributed by atoms with Gasteiger partial charge in [0, 0.05) is 22.2 Å². The van der Waals surface area contributed by atoms with Gasteiger partial charge < -0.3 is 15.2 Å². The number of halogens is 2. The van der Waals surface area contributed by atoms with Crippen molar-refractivity contribution in [2.24, 2.45) is 5.92 Å². The summed E-state index contributed by atoms with van der Waals surface area (Å²) in [6, 6.07) is 9.43. The number of aromatic hydroxyl groups is 1. The highest BCUT2D eigenvalue weighted by Crippen LogP contribution is 2.52. The molecule has 5 heteroatoms. The first-order valence-electron chi connectivity index (χ1n) is 8.46. The van der Waals surface area contributed by atoms with Crippen molar-refractivity contribution in [3.8, 4) is 11.5 Å². The highest BCUT2D eigenvalue weighted by atomic mass is 35.5. The van der Waals surface area contributed by atoms with Gasteiger partial charge in [-0.2, -0.15) is 0 Å².